The van der Waals surface area contributed by atoms with Gasteiger partial charge >= 0.3 is 0 Å². The van der Waals surface area contributed by atoms with E-state index in [1.807, 2.05) is 13.0 Å². The molecule has 0 aliphatic heterocycles. The van der Waals surface area contributed by atoms with Crippen molar-refractivity contribution in [1.82, 2.24) is 4.98 Å². The number of halogens is 1. The maximum Gasteiger partial charge on any atom is 0.129 e. The van der Waals surface area contributed by atoms with Crippen LogP contribution in [0.2, 0.25) is 5.15 Å². The van der Waals surface area contributed by atoms with Gasteiger partial charge in [0.1, 0.15) is 5.15 Å². The molecular formula is C9H15ClN2OS. The summed E-state index contributed by atoms with van der Waals surface area (Å²) in [6.45, 7) is 1.98. The Balaban J connectivity index is 0.000000255. The first-order valence-electron chi connectivity index (χ1n) is 3.98. The average molecular weight is 235 g/mol. The highest BCUT2D eigenvalue weighted by Crippen LogP contribution is 2.02. The Morgan fingerprint density at radius 1 is 1.43 bits per heavy atom. The second-order valence-corrected chi connectivity index (χ2v) is 6.14. The number of nitrogens with zero attached hydrogens (tertiary/aromatic N) is 2. The summed E-state index contributed by atoms with van der Waals surface area (Å²) in [5, 5.41) is 0.551. The highest BCUT2D eigenvalue weighted by atomic mass is 35.5. The summed E-state index contributed by atoms with van der Waals surface area (Å²) in [6, 6.07) is 3.70. The van der Waals surface area contributed by atoms with Crippen LogP contribution in [-0.2, 0) is 9.73 Å². The van der Waals surface area contributed by atoms with E-state index in [-0.39, 0.29) is 0 Å². The van der Waals surface area contributed by atoms with E-state index >= 15 is 0 Å². The zero-order valence-electron chi connectivity index (χ0n) is 8.82. The third kappa shape index (κ3) is 8.01. The Labute approximate surface area is 90.7 Å². The molecule has 0 radical (unpaired) electrons. The predicted octanol–water partition coefficient (Wildman–Crippen LogP) is 2.39. The van der Waals surface area contributed by atoms with Gasteiger partial charge in [0.2, 0.25) is 0 Å². The van der Waals surface area contributed by atoms with Crippen molar-refractivity contribution in [3.05, 3.63) is 29.0 Å². The molecule has 0 unspecified atom stereocenters. The largest absolute Gasteiger partial charge is 0.250 e. The molecule has 1 heterocycles. The van der Waals surface area contributed by atoms with Crippen LogP contribution < -0.4 is 0 Å². The monoisotopic (exact) mass is 234 g/mol. The van der Waals surface area contributed by atoms with Crippen molar-refractivity contribution in [3.8, 4) is 0 Å². The van der Waals surface area contributed by atoms with Crippen LogP contribution >= 0.6 is 11.6 Å². The first-order valence-corrected chi connectivity index (χ1v) is 6.69. The minimum Gasteiger partial charge on any atom is -0.250 e. The van der Waals surface area contributed by atoms with Crippen molar-refractivity contribution in [2.24, 2.45) is 4.36 Å². The quantitative estimate of drug-likeness (QED) is 0.647. The second-order valence-electron chi connectivity index (χ2n) is 3.02. The molecule has 0 saturated heterocycles. The zero-order valence-corrected chi connectivity index (χ0v) is 10.4. The molecule has 1 aromatic heterocycles. The highest BCUT2D eigenvalue weighted by molar-refractivity contribution is 7.92. The van der Waals surface area contributed by atoms with E-state index in [1.165, 1.54) is 0 Å². The summed E-state index contributed by atoms with van der Waals surface area (Å²) in [4.78, 5) is 3.84. The molecule has 0 saturated carbocycles. The fraction of sp³-hybridized carbons (Fsp3) is 0.444. The molecule has 0 atom stereocenters. The average Bonchev–Trinajstić information content (AvgIpc) is 2.10. The summed E-state index contributed by atoms with van der Waals surface area (Å²) < 4.78 is 13.9. The molecular weight excluding hydrogens is 220 g/mol. The van der Waals surface area contributed by atoms with E-state index in [4.69, 9.17) is 11.6 Å². The number of aromatic nitrogens is 1. The molecule has 0 fully saturated rings. The topological polar surface area (TPSA) is 42.3 Å². The van der Waals surface area contributed by atoms with Gasteiger partial charge in [-0.2, -0.15) is 0 Å². The first-order chi connectivity index (χ1) is 6.35. The van der Waals surface area contributed by atoms with Crippen molar-refractivity contribution in [2.75, 3.05) is 19.6 Å². The summed E-state index contributed by atoms with van der Waals surface area (Å²) in [5.74, 6) is 0. The van der Waals surface area contributed by atoms with Gasteiger partial charge in [-0.15, -0.1) is 0 Å². The Hall–Kier alpha value is -0.610. The van der Waals surface area contributed by atoms with Crippen molar-refractivity contribution >= 4 is 21.3 Å². The van der Waals surface area contributed by atoms with Crippen LogP contribution in [0.15, 0.2) is 22.7 Å². The van der Waals surface area contributed by atoms with Crippen molar-refractivity contribution < 1.29 is 4.21 Å². The van der Waals surface area contributed by atoms with E-state index in [2.05, 4.69) is 9.35 Å². The number of pyridine rings is 1. The molecule has 0 aromatic carbocycles. The molecule has 3 nitrogen and oxygen atoms in total. The lowest BCUT2D eigenvalue weighted by Gasteiger charge is -1.87. The standard InChI is InChI=1S/C6H6ClN.C3H9NOS/c1-5-2-3-6(7)8-4-5;1-4-6(2,3)5/h2-4H,1H3;1-3H3. The van der Waals surface area contributed by atoms with E-state index in [0.717, 1.165) is 5.56 Å². The van der Waals surface area contributed by atoms with Gasteiger partial charge in [-0.3, -0.25) is 4.21 Å². The second kappa shape index (κ2) is 5.98. The van der Waals surface area contributed by atoms with Crippen LogP contribution in [0, 0.1) is 6.92 Å². The Morgan fingerprint density at radius 2 is 1.93 bits per heavy atom. The Morgan fingerprint density at radius 3 is 2.14 bits per heavy atom. The summed E-state index contributed by atoms with van der Waals surface area (Å²) >= 11 is 5.50. The smallest absolute Gasteiger partial charge is 0.129 e. The van der Waals surface area contributed by atoms with Crippen LogP contribution in [0.1, 0.15) is 5.56 Å². The fourth-order valence-corrected chi connectivity index (χ4v) is 0.562. The Kier molecular flexibility index (Phi) is 5.72. The minimum absolute atomic E-state index is 0.551. The maximum absolute atomic E-state index is 10.4. The third-order valence-electron chi connectivity index (χ3n) is 1.31. The lowest BCUT2D eigenvalue weighted by molar-refractivity contribution is 0.684. The molecule has 1 rings (SSSR count). The van der Waals surface area contributed by atoms with Crippen LogP contribution in [0.4, 0.5) is 0 Å². The minimum atomic E-state index is -1.79. The normalized spacial score (nSPS) is 10.1. The molecule has 5 heteroatoms. The van der Waals surface area contributed by atoms with Crippen LogP contribution in [-0.4, -0.2) is 28.8 Å². The van der Waals surface area contributed by atoms with Gasteiger partial charge in [0, 0.05) is 35.5 Å². The third-order valence-corrected chi connectivity index (χ3v) is 2.42. The van der Waals surface area contributed by atoms with Gasteiger partial charge in [0.15, 0.2) is 0 Å². The van der Waals surface area contributed by atoms with E-state index in [1.54, 1.807) is 31.8 Å². The molecule has 1 aromatic rings. The Bertz CT molecular complexity index is 351. The van der Waals surface area contributed by atoms with E-state index in [0.29, 0.717) is 5.15 Å². The fourth-order valence-electron chi connectivity index (χ4n) is 0.450. The van der Waals surface area contributed by atoms with Crippen molar-refractivity contribution in [1.29, 1.82) is 0 Å². The van der Waals surface area contributed by atoms with E-state index in [9.17, 15) is 4.21 Å². The molecule has 80 valence electrons. The molecule has 0 aliphatic rings. The van der Waals surface area contributed by atoms with Crippen molar-refractivity contribution in [3.63, 3.8) is 0 Å². The highest BCUT2D eigenvalue weighted by Gasteiger charge is 1.83. The van der Waals surface area contributed by atoms with Crippen molar-refractivity contribution in [2.45, 2.75) is 6.92 Å². The van der Waals surface area contributed by atoms with Crippen LogP contribution in [0.3, 0.4) is 0 Å². The number of aryl methyl sites for hydroxylation is 1. The van der Waals surface area contributed by atoms with Gasteiger partial charge in [0.05, 0.1) is 0 Å². The maximum atomic E-state index is 10.4. The van der Waals surface area contributed by atoms with E-state index < -0.39 is 9.73 Å². The lowest BCUT2D eigenvalue weighted by Crippen LogP contribution is -1.87. The SMILES string of the molecule is CN=S(C)(C)=O.Cc1ccc(Cl)nc1. The predicted molar refractivity (Wildman–Crippen MR) is 62.3 cm³/mol. The van der Waals surface area contributed by atoms with Gasteiger partial charge in [0.25, 0.3) is 0 Å². The summed E-state index contributed by atoms with van der Waals surface area (Å²) in [6.07, 6.45) is 4.95. The lowest BCUT2D eigenvalue weighted by atomic mass is 10.3. The zero-order chi connectivity index (χ0) is 11.2. The number of hydrogen-bond acceptors (Lipinski definition) is 3. The molecule has 0 N–H and O–H groups in total. The van der Waals surface area contributed by atoms with Crippen LogP contribution in [0.5, 0.6) is 0 Å². The summed E-state index contributed by atoms with van der Waals surface area (Å²) in [7, 11) is -0.229. The van der Waals surface area contributed by atoms with Gasteiger partial charge in [-0.25, -0.2) is 9.35 Å². The summed E-state index contributed by atoms with van der Waals surface area (Å²) in [5.41, 5.74) is 1.13. The molecule has 0 amide bonds. The molecule has 14 heavy (non-hydrogen) atoms. The molecule has 0 aliphatic carbocycles. The van der Waals surface area contributed by atoms with Crippen LogP contribution in [0.25, 0.3) is 0 Å². The molecule has 0 spiro atoms. The van der Waals surface area contributed by atoms with Gasteiger partial charge < -0.3 is 0 Å². The first kappa shape index (κ1) is 13.4. The van der Waals surface area contributed by atoms with Gasteiger partial charge in [-0.1, -0.05) is 17.7 Å². The number of rotatable bonds is 0. The van der Waals surface area contributed by atoms with Gasteiger partial charge in [-0.05, 0) is 18.6 Å². The number of hydrogen-bond donors (Lipinski definition) is 0. The molecule has 0 bridgehead atoms.